The Morgan fingerprint density at radius 3 is 1.66 bits per heavy atom. The van der Waals surface area contributed by atoms with Crippen LogP contribution in [0, 0.1) is 0 Å². The van der Waals surface area contributed by atoms with Gasteiger partial charge in [0.25, 0.3) is 8.19 Å². The maximum absolute atomic E-state index is 7.56. The van der Waals surface area contributed by atoms with Crippen molar-refractivity contribution in [2.24, 2.45) is 0 Å². The van der Waals surface area contributed by atoms with Crippen molar-refractivity contribution in [2.45, 2.75) is 83.5 Å². The molecule has 0 bridgehead atoms. The number of hydrogen-bond acceptors (Lipinski definition) is 3. The van der Waals surface area contributed by atoms with E-state index < -0.39 is 26.1 Å². The van der Waals surface area contributed by atoms with Crippen molar-refractivity contribution in [3.63, 3.8) is 0 Å². The van der Waals surface area contributed by atoms with Crippen LogP contribution in [0.3, 0.4) is 0 Å². The fourth-order valence-corrected chi connectivity index (χ4v) is 9.53. The summed E-state index contributed by atoms with van der Waals surface area (Å²) >= 11 is 0. The third-order valence-electron chi connectivity index (χ3n) is 7.79. The van der Waals surface area contributed by atoms with Gasteiger partial charge in [0.15, 0.2) is 0 Å². The first kappa shape index (κ1) is 23.5. The molecule has 170 valence electrons. The lowest BCUT2D eigenvalue weighted by Crippen LogP contribution is -2.75. The second kappa shape index (κ2) is 8.60. The largest absolute Gasteiger partial charge is 0.479 e. The Hall–Kier alpha value is -1.66. The summed E-state index contributed by atoms with van der Waals surface area (Å²) in [5, 5.41) is 2.35. The molecule has 1 saturated heterocycles. The van der Waals surface area contributed by atoms with E-state index in [-0.39, 0.29) is 5.60 Å². The Morgan fingerprint density at radius 2 is 1.25 bits per heavy atom. The molecule has 0 aromatic heterocycles. The zero-order valence-electron chi connectivity index (χ0n) is 20.3. The van der Waals surface area contributed by atoms with Gasteiger partial charge in [0.1, 0.15) is 0 Å². The standard InChI is InChI=1S/C27H37BO3Si/c1-22(2)27(20-14-9-15-21-27)31-32(23-16-10-7-11-17-23,24-18-12-8-13-19-24)28-29-25(3,4)26(5,6)30-28/h7-8,10-13,16-19H,1,9,14-15,20-21H2,2-6H3. The van der Waals surface area contributed by atoms with E-state index in [1.165, 1.54) is 16.8 Å². The fourth-order valence-electron chi connectivity index (χ4n) is 5.03. The van der Waals surface area contributed by atoms with Crippen LogP contribution in [-0.4, -0.2) is 31.7 Å². The van der Waals surface area contributed by atoms with Crippen molar-refractivity contribution >= 4 is 25.3 Å². The summed E-state index contributed by atoms with van der Waals surface area (Å²) in [5.41, 5.74) is -0.130. The number of rotatable bonds is 6. The molecule has 1 heterocycles. The third-order valence-corrected chi connectivity index (χ3v) is 11.8. The molecule has 0 spiro atoms. The Balaban J connectivity index is 1.95. The van der Waals surface area contributed by atoms with Crippen molar-refractivity contribution in [3.05, 3.63) is 72.8 Å². The number of benzene rings is 2. The highest BCUT2D eigenvalue weighted by Crippen LogP contribution is 2.43. The van der Waals surface area contributed by atoms with Gasteiger partial charge in [-0.3, -0.25) is 0 Å². The molecule has 0 unspecified atom stereocenters. The minimum atomic E-state index is -3.02. The van der Waals surface area contributed by atoms with Gasteiger partial charge in [-0.2, -0.15) is 0 Å². The van der Waals surface area contributed by atoms with Gasteiger partial charge >= 0.3 is 6.71 Å². The van der Waals surface area contributed by atoms with Crippen LogP contribution in [0.5, 0.6) is 0 Å². The molecule has 0 atom stereocenters. The van der Waals surface area contributed by atoms with Crippen molar-refractivity contribution < 1.29 is 13.7 Å². The van der Waals surface area contributed by atoms with Crippen molar-refractivity contribution in [1.82, 2.24) is 0 Å². The lowest BCUT2D eigenvalue weighted by atomic mass is 9.80. The first-order chi connectivity index (χ1) is 15.1. The Labute approximate surface area is 195 Å². The van der Waals surface area contributed by atoms with Crippen molar-refractivity contribution in [2.75, 3.05) is 0 Å². The molecular formula is C27H37BO3Si. The van der Waals surface area contributed by atoms with Crippen molar-refractivity contribution in [1.29, 1.82) is 0 Å². The van der Waals surface area contributed by atoms with E-state index in [4.69, 9.17) is 13.7 Å². The van der Waals surface area contributed by atoms with Gasteiger partial charge in [0.05, 0.1) is 16.8 Å². The molecule has 2 fully saturated rings. The minimum absolute atomic E-state index is 0.361. The van der Waals surface area contributed by atoms with E-state index in [0.29, 0.717) is 0 Å². The van der Waals surface area contributed by atoms with E-state index >= 15 is 0 Å². The van der Waals surface area contributed by atoms with Gasteiger partial charge in [-0.15, -0.1) is 0 Å². The molecule has 5 heteroatoms. The Bertz CT molecular complexity index is 880. The SMILES string of the molecule is C=C(C)C1(O[Si](B2OC(C)(C)C(C)(C)O2)(c2ccccc2)c2ccccc2)CCCCC1. The summed E-state index contributed by atoms with van der Waals surface area (Å²) in [6.45, 7) is 14.6. The molecule has 2 aliphatic rings. The maximum atomic E-state index is 7.56. The van der Waals surface area contributed by atoms with Gasteiger partial charge in [-0.05, 0) is 57.8 Å². The first-order valence-corrected chi connectivity index (χ1v) is 13.9. The highest BCUT2D eigenvalue weighted by molar-refractivity contribution is 7.37. The van der Waals surface area contributed by atoms with Crippen LogP contribution in [0.2, 0.25) is 0 Å². The van der Waals surface area contributed by atoms with Gasteiger partial charge in [0.2, 0.25) is 0 Å². The quantitative estimate of drug-likeness (QED) is 0.448. The first-order valence-electron chi connectivity index (χ1n) is 12.0. The molecule has 2 aromatic rings. The van der Waals surface area contributed by atoms with Gasteiger partial charge in [-0.1, -0.05) is 92.1 Å². The highest BCUT2D eigenvalue weighted by Gasteiger charge is 2.65. The van der Waals surface area contributed by atoms with Gasteiger partial charge in [0, 0.05) is 0 Å². The molecule has 4 rings (SSSR count). The van der Waals surface area contributed by atoms with Crippen LogP contribution >= 0.6 is 0 Å². The predicted octanol–water partition coefficient (Wildman–Crippen LogP) is 5.21. The number of hydrogen-bond donors (Lipinski definition) is 0. The fraction of sp³-hybridized carbons (Fsp3) is 0.481. The predicted molar refractivity (Wildman–Crippen MR) is 136 cm³/mol. The van der Waals surface area contributed by atoms with E-state index in [9.17, 15) is 0 Å². The molecule has 0 amide bonds. The average molecular weight is 448 g/mol. The second-order valence-corrected chi connectivity index (χ2v) is 13.8. The molecule has 32 heavy (non-hydrogen) atoms. The molecule has 2 aromatic carbocycles. The summed E-state index contributed by atoms with van der Waals surface area (Å²) in [6.07, 6.45) is 5.56. The molecule has 1 saturated carbocycles. The van der Waals surface area contributed by atoms with Crippen LogP contribution in [0.1, 0.15) is 66.7 Å². The second-order valence-electron chi connectivity index (χ2n) is 10.5. The molecule has 3 nitrogen and oxygen atoms in total. The van der Waals surface area contributed by atoms with E-state index in [0.717, 1.165) is 31.3 Å². The molecule has 1 aliphatic carbocycles. The lowest BCUT2D eigenvalue weighted by Gasteiger charge is -2.46. The zero-order chi connectivity index (χ0) is 23.0. The van der Waals surface area contributed by atoms with Crippen LogP contribution in [-0.2, 0) is 13.7 Å². The Kier molecular flexibility index (Phi) is 6.32. The normalized spacial score (nSPS) is 22.0. The molecule has 1 aliphatic heterocycles. The molecule has 0 N–H and O–H groups in total. The van der Waals surface area contributed by atoms with Gasteiger partial charge in [-0.25, -0.2) is 0 Å². The van der Waals surface area contributed by atoms with Crippen LogP contribution in [0.4, 0.5) is 0 Å². The van der Waals surface area contributed by atoms with Gasteiger partial charge < -0.3 is 13.7 Å². The molecule has 0 radical (unpaired) electrons. The van der Waals surface area contributed by atoms with Crippen LogP contribution in [0.25, 0.3) is 0 Å². The van der Waals surface area contributed by atoms with Crippen molar-refractivity contribution in [3.8, 4) is 0 Å². The minimum Gasteiger partial charge on any atom is -0.404 e. The monoisotopic (exact) mass is 448 g/mol. The smallest absolute Gasteiger partial charge is 0.404 e. The van der Waals surface area contributed by atoms with Crippen LogP contribution < -0.4 is 10.4 Å². The Morgan fingerprint density at radius 1 is 0.812 bits per heavy atom. The van der Waals surface area contributed by atoms with Crippen LogP contribution in [0.15, 0.2) is 72.8 Å². The van der Waals surface area contributed by atoms with E-state index in [1.54, 1.807) is 0 Å². The summed E-state index contributed by atoms with van der Waals surface area (Å²) < 4.78 is 21.1. The molecular weight excluding hydrogens is 411 g/mol. The van der Waals surface area contributed by atoms with E-state index in [1.807, 2.05) is 0 Å². The summed E-state index contributed by atoms with van der Waals surface area (Å²) in [7, 11) is -3.02. The highest BCUT2D eigenvalue weighted by atomic mass is 28.3. The average Bonchev–Trinajstić information content (AvgIpc) is 3.01. The summed E-state index contributed by atoms with van der Waals surface area (Å²) in [4.78, 5) is 0. The summed E-state index contributed by atoms with van der Waals surface area (Å²) in [6, 6.07) is 21.3. The zero-order valence-corrected chi connectivity index (χ0v) is 21.3. The summed E-state index contributed by atoms with van der Waals surface area (Å²) in [5.74, 6) is 0. The maximum Gasteiger partial charge on any atom is 0.479 e. The lowest BCUT2D eigenvalue weighted by molar-refractivity contribution is 0.00578. The van der Waals surface area contributed by atoms with E-state index in [2.05, 4.69) is 102 Å². The third kappa shape index (κ3) is 3.94. The topological polar surface area (TPSA) is 27.7 Å².